The summed E-state index contributed by atoms with van der Waals surface area (Å²) in [7, 11) is 1.66. The lowest BCUT2D eigenvalue weighted by atomic mass is 9.95. The van der Waals surface area contributed by atoms with E-state index in [1.54, 1.807) is 7.11 Å². The van der Waals surface area contributed by atoms with Gasteiger partial charge in [-0.15, -0.1) is 0 Å². The maximum Gasteiger partial charge on any atom is 0.251 e. The van der Waals surface area contributed by atoms with Crippen LogP contribution in [0.5, 0.6) is 0 Å². The van der Waals surface area contributed by atoms with Gasteiger partial charge in [0.15, 0.2) is 0 Å². The summed E-state index contributed by atoms with van der Waals surface area (Å²) >= 11 is 0. The Morgan fingerprint density at radius 3 is 3.11 bits per heavy atom. The summed E-state index contributed by atoms with van der Waals surface area (Å²) in [5.41, 5.74) is 1.73. The van der Waals surface area contributed by atoms with Gasteiger partial charge in [-0.2, -0.15) is 0 Å². The fraction of sp³-hybridized carbons (Fsp3) is 0.533. The number of piperidine rings is 1. The highest BCUT2D eigenvalue weighted by Gasteiger charge is 2.22. The van der Waals surface area contributed by atoms with Crippen LogP contribution in [0.3, 0.4) is 0 Å². The number of methoxy groups -OCH3 is 1. The molecule has 4 nitrogen and oxygen atoms in total. The Bertz CT molecular complexity index is 434. The van der Waals surface area contributed by atoms with Gasteiger partial charge in [0.2, 0.25) is 0 Å². The van der Waals surface area contributed by atoms with Crippen LogP contribution < -0.4 is 10.6 Å². The minimum Gasteiger partial charge on any atom is -0.380 e. The van der Waals surface area contributed by atoms with Crippen LogP contribution in [0.4, 0.5) is 0 Å². The molecule has 2 atom stereocenters. The smallest absolute Gasteiger partial charge is 0.251 e. The highest BCUT2D eigenvalue weighted by molar-refractivity contribution is 5.94. The minimum absolute atomic E-state index is 0.0108. The van der Waals surface area contributed by atoms with Gasteiger partial charge in [-0.3, -0.25) is 4.79 Å². The first-order valence-corrected chi connectivity index (χ1v) is 6.80. The highest BCUT2D eigenvalue weighted by atomic mass is 16.5. The van der Waals surface area contributed by atoms with Gasteiger partial charge < -0.3 is 15.4 Å². The second kappa shape index (κ2) is 6.68. The number of hydrogen-bond acceptors (Lipinski definition) is 3. The zero-order valence-corrected chi connectivity index (χ0v) is 11.6. The summed E-state index contributed by atoms with van der Waals surface area (Å²) < 4.78 is 5.09. The fourth-order valence-corrected chi connectivity index (χ4v) is 2.45. The Labute approximate surface area is 114 Å². The van der Waals surface area contributed by atoms with Crippen molar-refractivity contribution < 1.29 is 9.53 Å². The second-order valence-electron chi connectivity index (χ2n) is 5.18. The molecule has 0 saturated carbocycles. The minimum atomic E-state index is 0.0108. The van der Waals surface area contributed by atoms with Crippen molar-refractivity contribution in [2.75, 3.05) is 20.2 Å². The third-order valence-corrected chi connectivity index (χ3v) is 3.60. The Balaban J connectivity index is 2.00. The number of carbonyl (C=O) groups is 1. The lowest BCUT2D eigenvalue weighted by Crippen LogP contribution is -2.48. The largest absolute Gasteiger partial charge is 0.380 e. The van der Waals surface area contributed by atoms with E-state index in [1.807, 2.05) is 24.3 Å². The van der Waals surface area contributed by atoms with E-state index in [4.69, 9.17) is 4.74 Å². The van der Waals surface area contributed by atoms with Crippen LogP contribution in [0.15, 0.2) is 24.3 Å². The van der Waals surface area contributed by atoms with Crippen LogP contribution in [-0.2, 0) is 11.3 Å². The van der Waals surface area contributed by atoms with Crippen molar-refractivity contribution in [2.45, 2.75) is 26.0 Å². The first-order chi connectivity index (χ1) is 9.20. The zero-order valence-electron chi connectivity index (χ0n) is 11.6. The average Bonchev–Trinajstić information content (AvgIpc) is 2.42. The van der Waals surface area contributed by atoms with Gasteiger partial charge in [0.05, 0.1) is 6.61 Å². The Hall–Kier alpha value is -1.39. The Kier molecular flexibility index (Phi) is 4.93. The molecule has 0 aliphatic carbocycles. The number of carbonyl (C=O) groups excluding carboxylic acids is 1. The molecule has 0 radical (unpaired) electrons. The Morgan fingerprint density at radius 2 is 2.37 bits per heavy atom. The summed E-state index contributed by atoms with van der Waals surface area (Å²) in [6.45, 7) is 4.64. The zero-order chi connectivity index (χ0) is 13.7. The highest BCUT2D eigenvalue weighted by Crippen LogP contribution is 2.12. The Morgan fingerprint density at radius 1 is 1.53 bits per heavy atom. The third kappa shape index (κ3) is 3.78. The van der Waals surface area contributed by atoms with E-state index >= 15 is 0 Å². The first-order valence-electron chi connectivity index (χ1n) is 6.80. The maximum atomic E-state index is 12.2. The number of ether oxygens (including phenoxy) is 1. The van der Waals surface area contributed by atoms with E-state index in [0.29, 0.717) is 18.1 Å². The molecule has 19 heavy (non-hydrogen) atoms. The monoisotopic (exact) mass is 262 g/mol. The van der Waals surface area contributed by atoms with Gasteiger partial charge in [-0.25, -0.2) is 0 Å². The van der Waals surface area contributed by atoms with Gasteiger partial charge in [-0.05, 0) is 43.1 Å². The standard InChI is InChI=1S/C15H22N2O2/c1-11-9-16-7-6-14(11)17-15(18)13-5-3-4-12(8-13)10-19-2/h3-5,8,11,14,16H,6-7,9-10H2,1-2H3,(H,17,18). The normalized spacial score (nSPS) is 23.1. The van der Waals surface area contributed by atoms with Gasteiger partial charge in [0.1, 0.15) is 0 Å². The summed E-state index contributed by atoms with van der Waals surface area (Å²) in [4.78, 5) is 12.2. The van der Waals surface area contributed by atoms with Gasteiger partial charge >= 0.3 is 0 Å². The number of benzene rings is 1. The van der Waals surface area contributed by atoms with Crippen molar-refractivity contribution in [3.63, 3.8) is 0 Å². The van der Waals surface area contributed by atoms with Crippen molar-refractivity contribution >= 4 is 5.91 Å². The van der Waals surface area contributed by atoms with Crippen LogP contribution in [0.25, 0.3) is 0 Å². The van der Waals surface area contributed by atoms with Crippen molar-refractivity contribution in [1.29, 1.82) is 0 Å². The molecule has 1 amide bonds. The summed E-state index contributed by atoms with van der Waals surface area (Å²) in [6, 6.07) is 7.87. The fourth-order valence-electron chi connectivity index (χ4n) is 2.45. The van der Waals surface area contributed by atoms with Gasteiger partial charge in [-0.1, -0.05) is 19.1 Å². The second-order valence-corrected chi connectivity index (χ2v) is 5.18. The van der Waals surface area contributed by atoms with Crippen molar-refractivity contribution in [3.8, 4) is 0 Å². The number of nitrogens with one attached hydrogen (secondary N) is 2. The van der Waals surface area contributed by atoms with Crippen molar-refractivity contribution in [3.05, 3.63) is 35.4 Å². The molecule has 2 rings (SSSR count). The van der Waals surface area contributed by atoms with Gasteiger partial charge in [0, 0.05) is 18.7 Å². The number of rotatable bonds is 4. The first kappa shape index (κ1) is 14.0. The lowest BCUT2D eigenvalue weighted by molar-refractivity contribution is 0.0914. The quantitative estimate of drug-likeness (QED) is 0.866. The van der Waals surface area contributed by atoms with Crippen molar-refractivity contribution in [2.24, 2.45) is 5.92 Å². The number of hydrogen-bond donors (Lipinski definition) is 2. The molecule has 0 aromatic heterocycles. The van der Waals surface area contributed by atoms with E-state index in [-0.39, 0.29) is 11.9 Å². The van der Waals surface area contributed by atoms with Crippen LogP contribution in [0.1, 0.15) is 29.3 Å². The molecule has 2 unspecified atom stereocenters. The van der Waals surface area contributed by atoms with Crippen LogP contribution in [0, 0.1) is 5.92 Å². The topological polar surface area (TPSA) is 50.4 Å². The lowest BCUT2D eigenvalue weighted by Gasteiger charge is -2.30. The van der Waals surface area contributed by atoms with Crippen LogP contribution >= 0.6 is 0 Å². The molecule has 0 bridgehead atoms. The van der Waals surface area contributed by atoms with E-state index in [1.165, 1.54) is 0 Å². The molecule has 4 heteroatoms. The molecule has 1 aliphatic rings. The predicted molar refractivity (Wildman–Crippen MR) is 75.1 cm³/mol. The molecular weight excluding hydrogens is 240 g/mol. The average molecular weight is 262 g/mol. The third-order valence-electron chi connectivity index (χ3n) is 3.60. The molecule has 2 N–H and O–H groups in total. The molecule has 1 aromatic rings. The van der Waals surface area contributed by atoms with Crippen LogP contribution in [-0.4, -0.2) is 32.1 Å². The van der Waals surface area contributed by atoms with Crippen molar-refractivity contribution in [1.82, 2.24) is 10.6 Å². The molecule has 1 fully saturated rings. The molecule has 104 valence electrons. The molecule has 1 aromatic carbocycles. The summed E-state index contributed by atoms with van der Waals surface area (Å²) in [5.74, 6) is 0.483. The van der Waals surface area contributed by atoms with E-state index in [0.717, 1.165) is 25.1 Å². The van der Waals surface area contributed by atoms with E-state index in [9.17, 15) is 4.79 Å². The molecular formula is C15H22N2O2. The van der Waals surface area contributed by atoms with Crippen LogP contribution in [0.2, 0.25) is 0 Å². The molecule has 1 saturated heterocycles. The summed E-state index contributed by atoms with van der Waals surface area (Å²) in [5, 5.41) is 6.47. The molecule has 0 spiro atoms. The SMILES string of the molecule is COCc1cccc(C(=O)NC2CCNCC2C)c1. The van der Waals surface area contributed by atoms with E-state index in [2.05, 4.69) is 17.6 Å². The van der Waals surface area contributed by atoms with E-state index < -0.39 is 0 Å². The molecule has 1 heterocycles. The predicted octanol–water partition coefficient (Wildman–Crippen LogP) is 1.56. The summed E-state index contributed by atoms with van der Waals surface area (Å²) in [6.07, 6.45) is 0.991. The van der Waals surface area contributed by atoms with Gasteiger partial charge in [0.25, 0.3) is 5.91 Å². The maximum absolute atomic E-state index is 12.2. The molecule has 1 aliphatic heterocycles. The number of amides is 1.